The van der Waals surface area contributed by atoms with Crippen molar-refractivity contribution >= 4 is 5.82 Å². The lowest BCUT2D eigenvalue weighted by Crippen LogP contribution is -2.24. The molecule has 15 heavy (non-hydrogen) atoms. The Labute approximate surface area is 90.1 Å². The highest BCUT2D eigenvalue weighted by Gasteiger charge is 2.07. The minimum absolute atomic E-state index is 0.594. The number of pyridine rings is 1. The third-order valence-corrected chi connectivity index (χ3v) is 2.04. The summed E-state index contributed by atoms with van der Waals surface area (Å²) in [5, 5.41) is 8.89. The zero-order valence-corrected chi connectivity index (χ0v) is 9.10. The number of hydrogen-bond acceptors (Lipinski definition) is 4. The molecule has 0 fully saturated rings. The maximum Gasteiger partial charge on any atom is 0.146 e. The van der Waals surface area contributed by atoms with E-state index >= 15 is 0 Å². The fourth-order valence-corrected chi connectivity index (χ4v) is 1.24. The standard InChI is InChI=1S/C11H15N3O/c1-3-15-8-7-14(2)11-10(9-12)5-4-6-13-11/h4-6H,3,7-8H2,1-2H3. The van der Waals surface area contributed by atoms with E-state index in [1.165, 1.54) is 0 Å². The third-order valence-electron chi connectivity index (χ3n) is 2.04. The molecular formula is C11H15N3O. The fraction of sp³-hybridized carbons (Fsp3) is 0.455. The summed E-state index contributed by atoms with van der Waals surface area (Å²) in [6.45, 7) is 4.05. The second-order valence-corrected chi connectivity index (χ2v) is 3.10. The summed E-state index contributed by atoms with van der Waals surface area (Å²) in [5.74, 6) is 0.708. The highest BCUT2D eigenvalue weighted by Crippen LogP contribution is 2.13. The van der Waals surface area contributed by atoms with Crippen LogP contribution in [0, 0.1) is 11.3 Å². The molecule has 4 heteroatoms. The molecule has 1 aromatic rings. The molecule has 4 nitrogen and oxygen atoms in total. The molecule has 1 heterocycles. The van der Waals surface area contributed by atoms with Crippen LogP contribution in [0.2, 0.25) is 0 Å². The topological polar surface area (TPSA) is 49.1 Å². The summed E-state index contributed by atoms with van der Waals surface area (Å²) >= 11 is 0. The molecule has 0 saturated carbocycles. The molecular weight excluding hydrogens is 190 g/mol. The predicted octanol–water partition coefficient (Wildman–Crippen LogP) is 1.43. The fourth-order valence-electron chi connectivity index (χ4n) is 1.24. The van der Waals surface area contributed by atoms with Crippen molar-refractivity contribution in [1.82, 2.24) is 4.98 Å². The minimum atomic E-state index is 0.594. The van der Waals surface area contributed by atoms with Crippen LogP contribution in [0.15, 0.2) is 18.3 Å². The molecule has 0 spiro atoms. The van der Waals surface area contributed by atoms with E-state index in [2.05, 4.69) is 11.1 Å². The van der Waals surface area contributed by atoms with Gasteiger partial charge in [-0.2, -0.15) is 5.26 Å². The Morgan fingerprint density at radius 1 is 1.60 bits per heavy atom. The van der Waals surface area contributed by atoms with Crippen molar-refractivity contribution < 1.29 is 4.74 Å². The Hall–Kier alpha value is -1.60. The van der Waals surface area contributed by atoms with E-state index in [1.54, 1.807) is 18.3 Å². The number of nitriles is 1. The molecule has 80 valence electrons. The van der Waals surface area contributed by atoms with Crippen LogP contribution in [0.5, 0.6) is 0 Å². The van der Waals surface area contributed by atoms with E-state index < -0.39 is 0 Å². The lowest BCUT2D eigenvalue weighted by atomic mass is 10.2. The van der Waals surface area contributed by atoms with Crippen LogP contribution in [-0.4, -0.2) is 31.8 Å². The molecule has 0 radical (unpaired) electrons. The summed E-state index contributed by atoms with van der Waals surface area (Å²) in [4.78, 5) is 6.10. The molecule has 0 amide bonds. The Kier molecular flexibility index (Phi) is 4.58. The van der Waals surface area contributed by atoms with E-state index in [9.17, 15) is 0 Å². The highest BCUT2D eigenvalue weighted by molar-refractivity contribution is 5.52. The van der Waals surface area contributed by atoms with Gasteiger partial charge in [-0.15, -0.1) is 0 Å². The number of likely N-dealkylation sites (N-methyl/N-ethyl adjacent to an activating group) is 1. The molecule has 0 aliphatic carbocycles. The van der Waals surface area contributed by atoms with Crippen molar-refractivity contribution in [2.75, 3.05) is 31.7 Å². The molecule has 1 aromatic heterocycles. The summed E-state index contributed by atoms with van der Waals surface area (Å²) in [7, 11) is 1.90. The van der Waals surface area contributed by atoms with Crippen molar-refractivity contribution in [1.29, 1.82) is 5.26 Å². The molecule has 0 aromatic carbocycles. The van der Waals surface area contributed by atoms with Crippen molar-refractivity contribution in [3.8, 4) is 6.07 Å². The normalized spacial score (nSPS) is 9.67. The molecule has 0 N–H and O–H groups in total. The molecule has 0 aliphatic heterocycles. The molecule has 0 atom stereocenters. The molecule has 0 unspecified atom stereocenters. The van der Waals surface area contributed by atoms with E-state index in [-0.39, 0.29) is 0 Å². The summed E-state index contributed by atoms with van der Waals surface area (Å²) in [6, 6.07) is 5.65. The maximum absolute atomic E-state index is 8.89. The van der Waals surface area contributed by atoms with Gasteiger partial charge in [0.05, 0.1) is 12.2 Å². The number of rotatable bonds is 5. The number of ether oxygens (including phenoxy) is 1. The van der Waals surface area contributed by atoms with Crippen LogP contribution in [0.3, 0.4) is 0 Å². The SMILES string of the molecule is CCOCCN(C)c1ncccc1C#N. The van der Waals surface area contributed by atoms with Gasteiger partial charge in [0.1, 0.15) is 11.9 Å². The van der Waals surface area contributed by atoms with Gasteiger partial charge in [0.25, 0.3) is 0 Å². The van der Waals surface area contributed by atoms with Crippen LogP contribution in [0.25, 0.3) is 0 Å². The first-order valence-corrected chi connectivity index (χ1v) is 4.93. The largest absolute Gasteiger partial charge is 0.380 e. The summed E-state index contributed by atoms with van der Waals surface area (Å²) in [6.07, 6.45) is 1.69. The van der Waals surface area contributed by atoms with Crippen molar-refractivity contribution in [2.24, 2.45) is 0 Å². The van der Waals surface area contributed by atoms with Gasteiger partial charge < -0.3 is 9.64 Å². The van der Waals surface area contributed by atoms with Crippen LogP contribution in [-0.2, 0) is 4.74 Å². The van der Waals surface area contributed by atoms with Crippen molar-refractivity contribution in [3.63, 3.8) is 0 Å². The monoisotopic (exact) mass is 205 g/mol. The van der Waals surface area contributed by atoms with E-state index in [1.807, 2.05) is 18.9 Å². The first-order valence-electron chi connectivity index (χ1n) is 4.93. The van der Waals surface area contributed by atoms with Crippen LogP contribution < -0.4 is 4.90 Å². The lowest BCUT2D eigenvalue weighted by Gasteiger charge is -2.18. The molecule has 0 bridgehead atoms. The first-order chi connectivity index (χ1) is 7.29. The number of hydrogen-bond donors (Lipinski definition) is 0. The Bertz CT molecular complexity index is 346. The van der Waals surface area contributed by atoms with Gasteiger partial charge in [0.2, 0.25) is 0 Å². The second kappa shape index (κ2) is 5.99. The van der Waals surface area contributed by atoms with Crippen LogP contribution >= 0.6 is 0 Å². The predicted molar refractivity (Wildman–Crippen MR) is 58.7 cm³/mol. The third kappa shape index (κ3) is 3.22. The maximum atomic E-state index is 8.89. The molecule has 0 aliphatic rings. The average molecular weight is 205 g/mol. The lowest BCUT2D eigenvalue weighted by molar-refractivity contribution is 0.154. The Balaban J connectivity index is 2.65. The quantitative estimate of drug-likeness (QED) is 0.682. The van der Waals surface area contributed by atoms with Gasteiger partial charge in [0, 0.05) is 26.4 Å². The molecule has 1 rings (SSSR count). The summed E-state index contributed by atoms with van der Waals surface area (Å²) < 4.78 is 5.25. The van der Waals surface area contributed by atoms with Crippen molar-refractivity contribution in [3.05, 3.63) is 23.9 Å². The second-order valence-electron chi connectivity index (χ2n) is 3.10. The van der Waals surface area contributed by atoms with Crippen LogP contribution in [0.4, 0.5) is 5.82 Å². The number of anilines is 1. The van der Waals surface area contributed by atoms with Gasteiger partial charge in [-0.1, -0.05) is 0 Å². The van der Waals surface area contributed by atoms with E-state index in [4.69, 9.17) is 10.00 Å². The van der Waals surface area contributed by atoms with Gasteiger partial charge in [-0.25, -0.2) is 4.98 Å². The van der Waals surface area contributed by atoms with E-state index in [0.29, 0.717) is 24.6 Å². The zero-order valence-electron chi connectivity index (χ0n) is 9.10. The molecule has 0 saturated heterocycles. The number of nitrogens with zero attached hydrogens (tertiary/aromatic N) is 3. The van der Waals surface area contributed by atoms with Crippen molar-refractivity contribution in [2.45, 2.75) is 6.92 Å². The first kappa shape index (κ1) is 11.5. The van der Waals surface area contributed by atoms with Crippen LogP contribution in [0.1, 0.15) is 12.5 Å². The van der Waals surface area contributed by atoms with Gasteiger partial charge in [-0.05, 0) is 19.1 Å². The number of aromatic nitrogens is 1. The minimum Gasteiger partial charge on any atom is -0.380 e. The smallest absolute Gasteiger partial charge is 0.146 e. The Morgan fingerprint density at radius 3 is 3.07 bits per heavy atom. The highest BCUT2D eigenvalue weighted by atomic mass is 16.5. The van der Waals surface area contributed by atoms with Gasteiger partial charge >= 0.3 is 0 Å². The zero-order chi connectivity index (χ0) is 11.1. The average Bonchev–Trinajstić information content (AvgIpc) is 2.29. The van der Waals surface area contributed by atoms with Gasteiger partial charge in [-0.3, -0.25) is 0 Å². The van der Waals surface area contributed by atoms with Gasteiger partial charge in [0.15, 0.2) is 0 Å². The van der Waals surface area contributed by atoms with E-state index in [0.717, 1.165) is 6.54 Å². The Morgan fingerprint density at radius 2 is 2.40 bits per heavy atom. The summed E-state index contributed by atoms with van der Waals surface area (Å²) in [5.41, 5.74) is 0.594.